The van der Waals surface area contributed by atoms with Crippen LogP contribution in [0.25, 0.3) is 10.9 Å². The Hall–Kier alpha value is -1.17. The molecule has 0 spiro atoms. The maximum absolute atomic E-state index is 9.86. The lowest BCUT2D eigenvalue weighted by molar-refractivity contribution is 0.0112. The van der Waals surface area contributed by atoms with Gasteiger partial charge >= 0.3 is 0 Å². The molecule has 0 aliphatic rings. The summed E-state index contributed by atoms with van der Waals surface area (Å²) in [6, 6.07) is 7.96. The minimum Gasteiger partial charge on any atom is -0.389 e. The van der Waals surface area contributed by atoms with Crippen molar-refractivity contribution in [3.05, 3.63) is 34.9 Å². The molecule has 5 heteroatoms. The van der Waals surface area contributed by atoms with Crippen molar-refractivity contribution >= 4 is 32.5 Å². The van der Waals surface area contributed by atoms with Crippen molar-refractivity contribution in [2.24, 2.45) is 0 Å². The van der Waals surface area contributed by atoms with Gasteiger partial charge in [-0.2, -0.15) is 0 Å². The number of para-hydroxylation sites is 1. The Morgan fingerprint density at radius 2 is 2.20 bits per heavy atom. The number of ether oxygens (including phenoxy) is 1. The van der Waals surface area contributed by atoms with E-state index in [1.807, 2.05) is 38.1 Å². The fourth-order valence-corrected chi connectivity index (χ4v) is 2.22. The highest BCUT2D eigenvalue weighted by Crippen LogP contribution is 2.23. The fourth-order valence-electron chi connectivity index (χ4n) is 1.87. The van der Waals surface area contributed by atoms with E-state index in [1.165, 1.54) is 0 Å². The topological polar surface area (TPSA) is 54.4 Å². The number of fused-ring (bicyclic) bond motifs is 1. The number of aromatic nitrogens is 1. The molecule has 1 aromatic carbocycles. The molecule has 0 aliphatic heterocycles. The Balaban J connectivity index is 2.03. The molecule has 0 radical (unpaired) electrons. The third-order valence-corrected chi connectivity index (χ3v) is 3.26. The van der Waals surface area contributed by atoms with Gasteiger partial charge in [-0.1, -0.05) is 12.1 Å². The van der Waals surface area contributed by atoms with Gasteiger partial charge in [0.1, 0.15) is 0 Å². The molecule has 1 heterocycles. The third kappa shape index (κ3) is 4.16. The van der Waals surface area contributed by atoms with Crippen LogP contribution in [-0.4, -0.2) is 35.5 Å². The molecule has 0 amide bonds. The molecule has 0 aliphatic carbocycles. The van der Waals surface area contributed by atoms with Crippen LogP contribution >= 0.6 is 15.9 Å². The van der Waals surface area contributed by atoms with Crippen LogP contribution in [0, 0.1) is 0 Å². The number of benzene rings is 1. The number of halogens is 1. The number of nitrogens with zero attached hydrogens (tertiary/aromatic N) is 1. The highest BCUT2D eigenvalue weighted by atomic mass is 79.9. The van der Waals surface area contributed by atoms with Crippen LogP contribution in [0.2, 0.25) is 0 Å². The third-order valence-electron chi connectivity index (χ3n) is 2.83. The summed E-state index contributed by atoms with van der Waals surface area (Å²) < 4.78 is 6.33. The molecule has 1 atom stereocenters. The van der Waals surface area contributed by atoms with Crippen LogP contribution in [0.4, 0.5) is 5.69 Å². The average Bonchev–Trinajstić information content (AvgIpc) is 2.42. The van der Waals surface area contributed by atoms with Crippen molar-refractivity contribution in [2.45, 2.75) is 26.1 Å². The van der Waals surface area contributed by atoms with E-state index in [4.69, 9.17) is 4.74 Å². The first-order valence-corrected chi connectivity index (χ1v) is 7.43. The standard InChI is InChI=1S/C15H19BrN2O2/c1-10(2)20-9-13(19)8-17-14-5-3-4-11-6-12(16)7-18-15(11)14/h3-7,10,13,17,19H,8-9H2,1-2H3. The van der Waals surface area contributed by atoms with Crippen LogP contribution in [0.3, 0.4) is 0 Å². The maximum Gasteiger partial charge on any atom is 0.0945 e. The van der Waals surface area contributed by atoms with E-state index in [2.05, 4.69) is 26.2 Å². The van der Waals surface area contributed by atoms with Crippen molar-refractivity contribution in [1.29, 1.82) is 0 Å². The Kier molecular flexibility index (Phi) is 5.34. The van der Waals surface area contributed by atoms with Crippen LogP contribution in [0.5, 0.6) is 0 Å². The summed E-state index contributed by atoms with van der Waals surface area (Å²) >= 11 is 3.41. The molecule has 0 fully saturated rings. The second-order valence-electron chi connectivity index (χ2n) is 4.95. The highest BCUT2D eigenvalue weighted by molar-refractivity contribution is 9.10. The molecule has 1 aromatic heterocycles. The predicted molar refractivity (Wildman–Crippen MR) is 85.0 cm³/mol. The van der Waals surface area contributed by atoms with Crippen LogP contribution in [0.1, 0.15) is 13.8 Å². The van der Waals surface area contributed by atoms with Gasteiger partial charge in [0.25, 0.3) is 0 Å². The first-order chi connectivity index (χ1) is 9.56. The number of aliphatic hydroxyl groups excluding tert-OH is 1. The molecule has 1 unspecified atom stereocenters. The molecule has 2 N–H and O–H groups in total. The minimum absolute atomic E-state index is 0.126. The van der Waals surface area contributed by atoms with Gasteiger partial charge in [-0.05, 0) is 41.9 Å². The number of anilines is 1. The van der Waals surface area contributed by atoms with E-state index in [0.29, 0.717) is 13.2 Å². The van der Waals surface area contributed by atoms with Gasteiger partial charge in [-0.15, -0.1) is 0 Å². The van der Waals surface area contributed by atoms with E-state index < -0.39 is 6.10 Å². The maximum atomic E-state index is 9.86. The zero-order valence-corrected chi connectivity index (χ0v) is 13.2. The molecule has 0 bridgehead atoms. The lowest BCUT2D eigenvalue weighted by atomic mass is 10.2. The van der Waals surface area contributed by atoms with Gasteiger partial charge in [0.15, 0.2) is 0 Å². The second-order valence-corrected chi connectivity index (χ2v) is 5.86. The molecule has 0 saturated carbocycles. The average molecular weight is 339 g/mol. The van der Waals surface area contributed by atoms with E-state index in [1.54, 1.807) is 6.20 Å². The highest BCUT2D eigenvalue weighted by Gasteiger charge is 2.08. The molecule has 2 rings (SSSR count). The number of nitrogens with one attached hydrogen (secondary N) is 1. The van der Waals surface area contributed by atoms with E-state index in [0.717, 1.165) is 21.1 Å². The SMILES string of the molecule is CC(C)OCC(O)CNc1cccc2cc(Br)cnc12. The van der Waals surface area contributed by atoms with Crippen molar-refractivity contribution in [2.75, 3.05) is 18.5 Å². The van der Waals surface area contributed by atoms with Crippen LogP contribution in [0.15, 0.2) is 34.9 Å². The van der Waals surface area contributed by atoms with Gasteiger partial charge < -0.3 is 15.2 Å². The number of hydrogen-bond acceptors (Lipinski definition) is 4. The summed E-state index contributed by atoms with van der Waals surface area (Å²) in [4.78, 5) is 4.41. The summed E-state index contributed by atoms with van der Waals surface area (Å²) in [5, 5.41) is 14.1. The Morgan fingerprint density at radius 3 is 2.95 bits per heavy atom. The van der Waals surface area contributed by atoms with Crippen LogP contribution in [-0.2, 0) is 4.74 Å². The van der Waals surface area contributed by atoms with Gasteiger partial charge in [0.05, 0.1) is 30.0 Å². The van der Waals surface area contributed by atoms with Crippen LogP contribution < -0.4 is 5.32 Å². The summed E-state index contributed by atoms with van der Waals surface area (Å²) in [6.45, 7) is 4.66. The zero-order chi connectivity index (χ0) is 14.5. The van der Waals surface area contributed by atoms with Crippen molar-refractivity contribution in [3.8, 4) is 0 Å². The second kappa shape index (κ2) is 7.02. The summed E-state index contributed by atoms with van der Waals surface area (Å²) in [7, 11) is 0. The fraction of sp³-hybridized carbons (Fsp3) is 0.400. The lowest BCUT2D eigenvalue weighted by Crippen LogP contribution is -2.26. The Morgan fingerprint density at radius 1 is 1.40 bits per heavy atom. The normalized spacial score (nSPS) is 12.8. The number of aliphatic hydroxyl groups is 1. The van der Waals surface area contributed by atoms with Gasteiger partial charge in [0, 0.05) is 22.6 Å². The molecule has 2 aromatic rings. The number of pyridine rings is 1. The van der Waals surface area contributed by atoms with Crippen molar-refractivity contribution < 1.29 is 9.84 Å². The molecule has 4 nitrogen and oxygen atoms in total. The number of rotatable bonds is 6. The van der Waals surface area contributed by atoms with Crippen molar-refractivity contribution in [1.82, 2.24) is 4.98 Å². The predicted octanol–water partition coefficient (Wildman–Crippen LogP) is 3.20. The minimum atomic E-state index is -0.539. The summed E-state index contributed by atoms with van der Waals surface area (Å²) in [5.41, 5.74) is 1.81. The molecular formula is C15H19BrN2O2. The lowest BCUT2D eigenvalue weighted by Gasteiger charge is -2.15. The summed E-state index contributed by atoms with van der Waals surface area (Å²) in [5.74, 6) is 0. The Labute approximate surface area is 127 Å². The van der Waals surface area contributed by atoms with Gasteiger partial charge in [-0.25, -0.2) is 0 Å². The quantitative estimate of drug-likeness (QED) is 0.849. The zero-order valence-electron chi connectivity index (χ0n) is 11.6. The molecular weight excluding hydrogens is 320 g/mol. The Bertz CT molecular complexity index is 575. The van der Waals surface area contributed by atoms with Gasteiger partial charge in [-0.3, -0.25) is 4.98 Å². The first kappa shape index (κ1) is 15.2. The monoisotopic (exact) mass is 338 g/mol. The van der Waals surface area contributed by atoms with E-state index in [9.17, 15) is 5.11 Å². The largest absolute Gasteiger partial charge is 0.389 e. The van der Waals surface area contributed by atoms with E-state index in [-0.39, 0.29) is 6.10 Å². The van der Waals surface area contributed by atoms with E-state index >= 15 is 0 Å². The van der Waals surface area contributed by atoms with Crippen molar-refractivity contribution in [3.63, 3.8) is 0 Å². The molecule has 20 heavy (non-hydrogen) atoms. The summed E-state index contributed by atoms with van der Waals surface area (Å²) in [6.07, 6.45) is 1.36. The smallest absolute Gasteiger partial charge is 0.0945 e. The first-order valence-electron chi connectivity index (χ1n) is 6.64. The molecule has 108 valence electrons. The number of hydrogen-bond donors (Lipinski definition) is 2. The molecule has 0 saturated heterocycles. The van der Waals surface area contributed by atoms with Gasteiger partial charge in [0.2, 0.25) is 0 Å².